The Hall–Kier alpha value is -3.06. The summed E-state index contributed by atoms with van der Waals surface area (Å²) in [6.07, 6.45) is 1.74. The molecule has 0 saturated heterocycles. The van der Waals surface area contributed by atoms with Crippen molar-refractivity contribution < 1.29 is 19.7 Å². The Morgan fingerprint density at radius 3 is 3.03 bits per heavy atom. The van der Waals surface area contributed by atoms with Crippen molar-refractivity contribution in [3.05, 3.63) is 46.9 Å². The molecule has 0 amide bonds. The van der Waals surface area contributed by atoms with Crippen LogP contribution in [0.5, 0.6) is 0 Å². The lowest BCUT2D eigenvalue weighted by Gasteiger charge is -2.05. The molecular formula is C16H19ClN8O4. The lowest BCUT2D eigenvalue weighted by Crippen LogP contribution is -2.22. The monoisotopic (exact) mass is 422 g/mol. The third-order valence-corrected chi connectivity index (χ3v) is 3.81. The molecule has 1 aromatic carbocycles. The Morgan fingerprint density at radius 2 is 2.24 bits per heavy atom. The zero-order valence-electron chi connectivity index (χ0n) is 15.2. The largest absolute Gasteiger partial charge is 0.394 e. The molecule has 13 heteroatoms. The third kappa shape index (κ3) is 5.96. The molecular weight excluding hydrogens is 404 g/mol. The molecule has 3 aromatic rings. The van der Waals surface area contributed by atoms with E-state index in [0.717, 1.165) is 0 Å². The molecule has 0 atom stereocenters. The first-order valence-corrected chi connectivity index (χ1v) is 8.96. The molecule has 2 heterocycles. The first-order chi connectivity index (χ1) is 14.2. The van der Waals surface area contributed by atoms with Gasteiger partial charge in [-0.3, -0.25) is 15.4 Å². The molecule has 154 valence electrons. The maximum absolute atomic E-state index is 9.45. The minimum atomic E-state index is -0.0442. The fourth-order valence-electron chi connectivity index (χ4n) is 2.31. The van der Waals surface area contributed by atoms with Crippen molar-refractivity contribution in [3.63, 3.8) is 0 Å². The summed E-state index contributed by atoms with van der Waals surface area (Å²) >= 11 is 5.95. The topological polar surface area (TPSA) is 156 Å². The van der Waals surface area contributed by atoms with Crippen LogP contribution in [-0.2, 0) is 17.9 Å². The molecule has 0 aliphatic heterocycles. The van der Waals surface area contributed by atoms with Crippen molar-refractivity contribution in [1.29, 1.82) is 0 Å². The van der Waals surface area contributed by atoms with Gasteiger partial charge in [-0.15, -0.1) is 5.10 Å². The molecule has 0 unspecified atom stereocenters. The van der Waals surface area contributed by atoms with Gasteiger partial charge < -0.3 is 15.2 Å². The molecule has 29 heavy (non-hydrogen) atoms. The van der Waals surface area contributed by atoms with Gasteiger partial charge in [-0.25, -0.2) is 9.62 Å². The number of aliphatic hydroxyl groups excluding tert-OH is 1. The number of nitrogens with zero attached hydrogens (tertiary/aromatic N) is 6. The Balaban J connectivity index is 1.60. The number of ether oxygens (including phenoxy) is 1. The zero-order valence-corrected chi connectivity index (χ0v) is 16.0. The van der Waals surface area contributed by atoms with Gasteiger partial charge in [0.15, 0.2) is 11.5 Å². The van der Waals surface area contributed by atoms with Crippen molar-refractivity contribution in [3.8, 4) is 0 Å². The van der Waals surface area contributed by atoms with Crippen LogP contribution in [0.15, 0.2) is 40.1 Å². The van der Waals surface area contributed by atoms with Gasteiger partial charge in [-0.2, -0.15) is 0 Å². The molecule has 0 bridgehead atoms. The number of amidine groups is 1. The summed E-state index contributed by atoms with van der Waals surface area (Å²) in [7, 11) is 0. The number of hydroxylamine groups is 1. The number of aliphatic hydroxyl groups is 1. The molecule has 0 aliphatic rings. The average Bonchev–Trinajstić information content (AvgIpc) is 3.36. The van der Waals surface area contributed by atoms with Crippen LogP contribution in [0.25, 0.3) is 0 Å². The molecule has 12 nitrogen and oxygen atoms in total. The third-order valence-electron chi connectivity index (χ3n) is 3.57. The molecule has 2 aromatic heterocycles. The molecule has 0 saturated carbocycles. The number of aliphatic imine (C=N–C) groups is 1. The Labute approximate surface area is 170 Å². The van der Waals surface area contributed by atoms with E-state index in [9.17, 15) is 5.21 Å². The van der Waals surface area contributed by atoms with Crippen LogP contribution in [0.2, 0.25) is 5.02 Å². The van der Waals surface area contributed by atoms with Crippen LogP contribution in [-0.4, -0.2) is 61.2 Å². The fraction of sp³-hybridized carbons (Fsp3) is 0.312. The van der Waals surface area contributed by atoms with E-state index in [1.165, 1.54) is 0 Å². The highest BCUT2D eigenvalue weighted by atomic mass is 35.5. The zero-order chi connectivity index (χ0) is 20.5. The van der Waals surface area contributed by atoms with Crippen LogP contribution in [0.1, 0.15) is 11.4 Å². The van der Waals surface area contributed by atoms with E-state index in [4.69, 9.17) is 26.1 Å². The van der Waals surface area contributed by atoms with E-state index in [1.807, 2.05) is 5.48 Å². The molecule has 0 radical (unpaired) electrons. The highest BCUT2D eigenvalue weighted by molar-refractivity contribution is 6.30. The SMILES string of the molecule is OCCOCc1cn(CCNc2nonc2C(=Nc2cccc(Cl)c2)NO)nn1. The molecule has 0 fully saturated rings. The number of rotatable bonds is 10. The highest BCUT2D eigenvalue weighted by Gasteiger charge is 2.16. The van der Waals surface area contributed by atoms with E-state index in [1.54, 1.807) is 35.1 Å². The van der Waals surface area contributed by atoms with Gasteiger partial charge in [0, 0.05) is 11.6 Å². The van der Waals surface area contributed by atoms with Gasteiger partial charge in [0.25, 0.3) is 0 Å². The number of halogens is 1. The van der Waals surface area contributed by atoms with E-state index in [0.29, 0.717) is 35.3 Å². The van der Waals surface area contributed by atoms with Crippen molar-refractivity contribution in [2.45, 2.75) is 13.2 Å². The Kier molecular flexibility index (Phi) is 7.47. The summed E-state index contributed by atoms with van der Waals surface area (Å²) in [5.41, 5.74) is 3.36. The van der Waals surface area contributed by atoms with Crippen LogP contribution in [0.3, 0.4) is 0 Å². The van der Waals surface area contributed by atoms with E-state index in [2.05, 4.69) is 30.9 Å². The molecule has 0 spiro atoms. The molecule has 0 aliphatic carbocycles. The Bertz CT molecular complexity index is 944. The second-order valence-electron chi connectivity index (χ2n) is 5.69. The van der Waals surface area contributed by atoms with E-state index < -0.39 is 0 Å². The van der Waals surface area contributed by atoms with E-state index >= 15 is 0 Å². The maximum Gasteiger partial charge on any atom is 0.202 e. The summed E-state index contributed by atoms with van der Waals surface area (Å²) in [5.74, 6) is 0.332. The number of hydrogen-bond donors (Lipinski definition) is 4. The van der Waals surface area contributed by atoms with Gasteiger partial charge in [-0.05, 0) is 28.5 Å². The van der Waals surface area contributed by atoms with Gasteiger partial charge in [0.2, 0.25) is 5.82 Å². The van der Waals surface area contributed by atoms with Crippen molar-refractivity contribution in [2.75, 3.05) is 25.1 Å². The average molecular weight is 423 g/mol. The standard InChI is InChI=1S/C16H19ClN8O4/c17-11-2-1-3-12(8-11)19-16(21-27)14-15(23-29-22-14)18-4-5-25-9-13(20-24-25)10-28-7-6-26/h1-3,8-9,26-27H,4-7,10H2,(H,18,23)(H,19,21). The minimum absolute atomic E-state index is 0.0418. The summed E-state index contributed by atoms with van der Waals surface area (Å²) in [5, 5.41) is 37.2. The predicted molar refractivity (Wildman–Crippen MR) is 102 cm³/mol. The summed E-state index contributed by atoms with van der Waals surface area (Å²) in [6, 6.07) is 6.80. The minimum Gasteiger partial charge on any atom is -0.394 e. The second kappa shape index (κ2) is 10.5. The number of hydrogen-bond acceptors (Lipinski definition) is 10. The van der Waals surface area contributed by atoms with Crippen LogP contribution >= 0.6 is 11.6 Å². The lowest BCUT2D eigenvalue weighted by molar-refractivity contribution is 0.0796. The second-order valence-corrected chi connectivity index (χ2v) is 6.13. The van der Waals surface area contributed by atoms with Crippen molar-refractivity contribution >= 4 is 28.9 Å². The van der Waals surface area contributed by atoms with Crippen LogP contribution in [0.4, 0.5) is 11.5 Å². The van der Waals surface area contributed by atoms with E-state index in [-0.39, 0.29) is 31.4 Å². The van der Waals surface area contributed by atoms with Crippen LogP contribution < -0.4 is 10.8 Å². The summed E-state index contributed by atoms with van der Waals surface area (Å²) < 4.78 is 11.6. The normalized spacial score (nSPS) is 11.6. The summed E-state index contributed by atoms with van der Waals surface area (Å²) in [6.45, 7) is 1.38. The Morgan fingerprint density at radius 1 is 1.34 bits per heavy atom. The molecule has 3 rings (SSSR count). The highest BCUT2D eigenvalue weighted by Crippen LogP contribution is 2.19. The predicted octanol–water partition coefficient (Wildman–Crippen LogP) is 0.993. The fourth-order valence-corrected chi connectivity index (χ4v) is 2.49. The number of benzene rings is 1. The maximum atomic E-state index is 9.45. The van der Waals surface area contributed by atoms with Crippen LogP contribution in [0, 0.1) is 0 Å². The van der Waals surface area contributed by atoms with Gasteiger partial charge >= 0.3 is 0 Å². The number of aromatic nitrogens is 5. The van der Waals surface area contributed by atoms with Gasteiger partial charge in [-0.1, -0.05) is 22.9 Å². The smallest absolute Gasteiger partial charge is 0.202 e. The number of nitrogens with one attached hydrogen (secondary N) is 2. The van der Waals surface area contributed by atoms with Crippen molar-refractivity contribution in [2.24, 2.45) is 4.99 Å². The summed E-state index contributed by atoms with van der Waals surface area (Å²) in [4.78, 5) is 4.26. The first kappa shape index (κ1) is 20.7. The molecule has 4 N–H and O–H groups in total. The van der Waals surface area contributed by atoms with Crippen molar-refractivity contribution in [1.82, 2.24) is 30.8 Å². The van der Waals surface area contributed by atoms with Gasteiger partial charge in [0.05, 0.1) is 38.2 Å². The lowest BCUT2D eigenvalue weighted by atomic mass is 10.3. The van der Waals surface area contributed by atoms with Gasteiger partial charge in [0.1, 0.15) is 5.69 Å². The number of anilines is 1. The first-order valence-electron chi connectivity index (χ1n) is 8.58. The quantitative estimate of drug-likeness (QED) is 0.161.